The molecule has 6 rings (SSSR count). The molecule has 1 saturated carbocycles. The molecule has 2 nitrogen and oxygen atoms in total. The minimum Gasteiger partial charge on any atom is -0.455 e. The molecule has 0 saturated heterocycles. The van der Waals surface area contributed by atoms with Gasteiger partial charge in [0, 0.05) is 28.5 Å². The molecule has 1 fully saturated rings. The van der Waals surface area contributed by atoms with Crippen LogP contribution in [0.4, 0.5) is 4.39 Å². The minimum atomic E-state index is -0.139. The number of furan rings is 1. The maximum absolute atomic E-state index is 15.4. The predicted octanol–water partition coefficient (Wildman–Crippen LogP) is 8.27. The fourth-order valence-electron chi connectivity index (χ4n) is 6.22. The van der Waals surface area contributed by atoms with Crippen molar-refractivity contribution in [2.45, 2.75) is 51.4 Å². The van der Waals surface area contributed by atoms with Crippen LogP contribution < -0.4 is 4.57 Å². The average Bonchev–Trinajstić information content (AvgIpc) is 3.23. The van der Waals surface area contributed by atoms with Crippen molar-refractivity contribution in [2.75, 3.05) is 0 Å². The largest absolute Gasteiger partial charge is 0.455 e. The van der Waals surface area contributed by atoms with Gasteiger partial charge >= 0.3 is 0 Å². The van der Waals surface area contributed by atoms with Gasteiger partial charge in [0.15, 0.2) is 6.20 Å². The zero-order valence-electron chi connectivity index (χ0n) is 20.6. The van der Waals surface area contributed by atoms with E-state index in [0.717, 1.165) is 70.0 Å². The monoisotopic (exact) mass is 464 g/mol. The smallest absolute Gasteiger partial charge is 0.216 e. The SMILES string of the molecule is Cc1ccccc1C1CCC(c2c(F)ccc3c2oc2c(-c4cccc[n+]4C)c(C)ccc23)CC1. The van der Waals surface area contributed by atoms with Crippen molar-refractivity contribution in [3.8, 4) is 11.3 Å². The van der Waals surface area contributed by atoms with E-state index < -0.39 is 0 Å². The van der Waals surface area contributed by atoms with Gasteiger partial charge in [-0.3, -0.25) is 0 Å². The number of nitrogens with zero attached hydrogens (tertiary/aromatic N) is 1. The van der Waals surface area contributed by atoms with Crippen LogP contribution in [0.25, 0.3) is 33.2 Å². The molecule has 0 bridgehead atoms. The molecule has 5 aromatic rings. The van der Waals surface area contributed by atoms with E-state index in [0.29, 0.717) is 5.92 Å². The summed E-state index contributed by atoms with van der Waals surface area (Å²) in [7, 11) is 2.05. The van der Waals surface area contributed by atoms with Crippen LogP contribution in [0.5, 0.6) is 0 Å². The van der Waals surface area contributed by atoms with Gasteiger partial charge in [-0.2, -0.15) is 0 Å². The first-order valence-electron chi connectivity index (χ1n) is 12.7. The maximum atomic E-state index is 15.4. The molecule has 0 spiro atoms. The molecule has 35 heavy (non-hydrogen) atoms. The number of benzene rings is 3. The van der Waals surface area contributed by atoms with Gasteiger partial charge < -0.3 is 4.42 Å². The van der Waals surface area contributed by atoms with Crippen LogP contribution in [0.2, 0.25) is 0 Å². The number of hydrogen-bond acceptors (Lipinski definition) is 1. The first-order valence-corrected chi connectivity index (χ1v) is 12.7. The van der Waals surface area contributed by atoms with Crippen molar-refractivity contribution in [3.63, 3.8) is 0 Å². The normalized spacial score (nSPS) is 18.4. The Morgan fingerprint density at radius 1 is 0.743 bits per heavy atom. The maximum Gasteiger partial charge on any atom is 0.216 e. The lowest BCUT2D eigenvalue weighted by atomic mass is 9.75. The van der Waals surface area contributed by atoms with E-state index in [9.17, 15) is 0 Å². The van der Waals surface area contributed by atoms with Crippen molar-refractivity contribution in [3.05, 3.63) is 101 Å². The van der Waals surface area contributed by atoms with Crippen molar-refractivity contribution in [1.29, 1.82) is 0 Å². The van der Waals surface area contributed by atoms with Crippen molar-refractivity contribution < 1.29 is 13.4 Å². The van der Waals surface area contributed by atoms with Crippen LogP contribution in [0.1, 0.15) is 59.8 Å². The number of halogens is 1. The number of aromatic nitrogens is 1. The molecule has 0 atom stereocenters. The highest BCUT2D eigenvalue weighted by Gasteiger charge is 2.30. The topological polar surface area (TPSA) is 17.0 Å². The summed E-state index contributed by atoms with van der Waals surface area (Å²) in [4.78, 5) is 0. The molecule has 176 valence electrons. The Morgan fingerprint density at radius 2 is 1.43 bits per heavy atom. The lowest BCUT2D eigenvalue weighted by molar-refractivity contribution is -0.660. The summed E-state index contributed by atoms with van der Waals surface area (Å²) in [6, 6.07) is 22.7. The van der Waals surface area contributed by atoms with Gasteiger partial charge in [0.1, 0.15) is 24.0 Å². The third kappa shape index (κ3) is 3.65. The number of hydrogen-bond donors (Lipinski definition) is 0. The Morgan fingerprint density at radius 3 is 2.20 bits per heavy atom. The van der Waals surface area contributed by atoms with E-state index in [4.69, 9.17) is 4.42 Å². The Kier molecular flexibility index (Phi) is 5.44. The van der Waals surface area contributed by atoms with Gasteiger partial charge in [-0.15, -0.1) is 0 Å². The van der Waals surface area contributed by atoms with Crippen LogP contribution in [0, 0.1) is 19.7 Å². The zero-order valence-corrected chi connectivity index (χ0v) is 20.6. The number of rotatable bonds is 3. The molecular weight excluding hydrogens is 433 g/mol. The van der Waals surface area contributed by atoms with Gasteiger partial charge in [-0.05, 0) is 86.3 Å². The second-order valence-electron chi connectivity index (χ2n) is 10.2. The summed E-state index contributed by atoms with van der Waals surface area (Å²) >= 11 is 0. The Balaban J connectivity index is 1.45. The third-order valence-electron chi connectivity index (χ3n) is 8.08. The van der Waals surface area contributed by atoms with Crippen molar-refractivity contribution in [2.24, 2.45) is 7.05 Å². The standard InChI is InChI=1S/C32H31FNO/c1-20-8-4-5-9-24(20)22-12-14-23(15-13-22)30-27(33)18-17-26-25-16-11-21(2)29(31(25)35-32(26)30)28-10-6-7-19-34(28)3/h4-11,16-19,22-23H,12-15H2,1-3H3/q+1. The Bertz CT molecular complexity index is 1560. The summed E-state index contributed by atoms with van der Waals surface area (Å²) in [5.74, 6) is 0.592. The van der Waals surface area contributed by atoms with Crippen LogP contribution >= 0.6 is 0 Å². The number of pyridine rings is 1. The second-order valence-corrected chi connectivity index (χ2v) is 10.2. The van der Waals surface area contributed by atoms with Gasteiger partial charge in [0.25, 0.3) is 0 Å². The van der Waals surface area contributed by atoms with E-state index in [1.807, 2.05) is 31.4 Å². The predicted molar refractivity (Wildman–Crippen MR) is 140 cm³/mol. The molecule has 1 aliphatic rings. The molecule has 0 aliphatic heterocycles. The first kappa shape index (κ1) is 22.0. The zero-order chi connectivity index (χ0) is 24.1. The molecule has 2 heterocycles. The summed E-state index contributed by atoms with van der Waals surface area (Å²) in [6.45, 7) is 4.31. The van der Waals surface area contributed by atoms with E-state index >= 15 is 4.39 Å². The van der Waals surface area contributed by atoms with Gasteiger partial charge in [0.05, 0.1) is 5.56 Å². The fraction of sp³-hybridized carbons (Fsp3) is 0.281. The molecule has 1 aliphatic carbocycles. The molecule has 3 aromatic carbocycles. The van der Waals surface area contributed by atoms with Gasteiger partial charge in [0.2, 0.25) is 5.69 Å². The first-order chi connectivity index (χ1) is 17.0. The molecular formula is C32H31FNO+. The quantitative estimate of drug-likeness (QED) is 0.246. The molecule has 0 N–H and O–H groups in total. The van der Waals surface area contributed by atoms with Crippen molar-refractivity contribution in [1.82, 2.24) is 0 Å². The highest BCUT2D eigenvalue weighted by Crippen LogP contribution is 2.46. The van der Waals surface area contributed by atoms with E-state index in [1.54, 1.807) is 6.07 Å². The summed E-state index contributed by atoms with van der Waals surface area (Å²) in [6.07, 6.45) is 6.16. The molecule has 3 heteroatoms. The second kappa shape index (κ2) is 8.64. The van der Waals surface area contributed by atoms with E-state index in [-0.39, 0.29) is 11.7 Å². The lowest BCUT2D eigenvalue weighted by Gasteiger charge is -2.30. The third-order valence-corrected chi connectivity index (χ3v) is 8.08. The molecule has 0 radical (unpaired) electrons. The summed E-state index contributed by atoms with van der Waals surface area (Å²) in [5, 5.41) is 2.07. The number of aryl methyl sites for hydroxylation is 3. The van der Waals surface area contributed by atoms with Crippen LogP contribution in [-0.4, -0.2) is 0 Å². The highest BCUT2D eigenvalue weighted by atomic mass is 19.1. The van der Waals surface area contributed by atoms with Crippen LogP contribution in [0.15, 0.2) is 77.3 Å². The fourth-order valence-corrected chi connectivity index (χ4v) is 6.22. The van der Waals surface area contributed by atoms with Crippen LogP contribution in [-0.2, 0) is 7.05 Å². The summed E-state index contributed by atoms with van der Waals surface area (Å²) < 4.78 is 24.2. The molecule has 0 unspecified atom stereocenters. The molecule has 0 amide bonds. The number of fused-ring (bicyclic) bond motifs is 3. The van der Waals surface area contributed by atoms with E-state index in [1.165, 1.54) is 11.1 Å². The van der Waals surface area contributed by atoms with E-state index in [2.05, 4.69) is 60.9 Å². The van der Waals surface area contributed by atoms with Gasteiger partial charge in [-0.25, -0.2) is 8.96 Å². The van der Waals surface area contributed by atoms with Gasteiger partial charge in [-0.1, -0.05) is 36.4 Å². The van der Waals surface area contributed by atoms with Crippen LogP contribution in [0.3, 0.4) is 0 Å². The van der Waals surface area contributed by atoms with Crippen molar-refractivity contribution >= 4 is 21.9 Å². The highest BCUT2D eigenvalue weighted by molar-refractivity contribution is 6.10. The molecule has 2 aromatic heterocycles. The lowest BCUT2D eigenvalue weighted by Crippen LogP contribution is -2.30. The average molecular weight is 465 g/mol. The Hall–Kier alpha value is -3.46. The minimum absolute atomic E-state index is 0.139. The summed E-state index contributed by atoms with van der Waals surface area (Å²) in [5.41, 5.74) is 8.48. The Labute approximate surface area is 206 Å².